The van der Waals surface area contributed by atoms with Crippen LogP contribution in [-0.2, 0) is 0 Å². The molecule has 34 valence electrons. The van der Waals surface area contributed by atoms with E-state index in [9.17, 15) is 4.91 Å². The van der Waals surface area contributed by atoms with E-state index >= 15 is 0 Å². The lowest BCUT2D eigenvalue weighted by Crippen LogP contribution is -1.95. The van der Waals surface area contributed by atoms with Crippen LogP contribution in [0.3, 0.4) is 0 Å². The lowest BCUT2D eigenvalue weighted by molar-refractivity contribution is 0.882. The summed E-state index contributed by atoms with van der Waals surface area (Å²) in [6, 6.07) is 0. The number of rotatable bonds is 2. The molecule has 0 spiro atoms. The Hall–Kier alpha value is -0.860. The first-order chi connectivity index (χ1) is 2.77. The molecular weight excluding hydrogens is 80.0 g/mol. The Morgan fingerprint density at radius 2 is 2.50 bits per heavy atom. The lowest BCUT2D eigenvalue weighted by atomic mass is 10.6. The van der Waals surface area contributed by atoms with Crippen LogP contribution in [0.4, 0.5) is 0 Å². The molecule has 0 heterocycles. The summed E-state index contributed by atoms with van der Waals surface area (Å²) in [5.74, 6) is 0. The average Bonchev–Trinajstić information content (AvgIpc) is 1.35. The first-order valence-electron chi connectivity index (χ1n) is 1.51. The highest BCUT2D eigenvalue weighted by Crippen LogP contribution is 1.72. The van der Waals surface area contributed by atoms with E-state index in [1.54, 1.807) is 6.92 Å². The maximum absolute atomic E-state index is 9.19. The topological polar surface area (TPSA) is 41.5 Å². The zero-order chi connectivity index (χ0) is 4.99. The summed E-state index contributed by atoms with van der Waals surface area (Å²) in [5, 5.41) is 2.34. The van der Waals surface area contributed by atoms with E-state index in [1.165, 1.54) is 0 Å². The van der Waals surface area contributed by atoms with Gasteiger partial charge in [-0.15, -0.1) is 4.91 Å². The summed E-state index contributed by atoms with van der Waals surface area (Å²) >= 11 is 0. The van der Waals surface area contributed by atoms with Crippen molar-refractivity contribution in [3.05, 3.63) is 17.2 Å². The van der Waals surface area contributed by atoms with Crippen LogP contribution in [-0.4, -0.2) is 0 Å². The predicted octanol–water partition coefficient (Wildman–Crippen LogP) is 0.791. The minimum Gasteiger partial charge on any atom is -0.247 e. The van der Waals surface area contributed by atoms with Crippen LogP contribution in [0.5, 0.6) is 0 Å². The third kappa shape index (κ3) is 3.14. The zero-order valence-electron chi connectivity index (χ0n) is 3.56. The molecule has 0 saturated carbocycles. The van der Waals surface area contributed by atoms with E-state index in [2.05, 4.69) is 17.3 Å². The van der Waals surface area contributed by atoms with Crippen molar-refractivity contribution in [1.82, 2.24) is 5.43 Å². The molecule has 0 aliphatic heterocycles. The molecule has 0 aromatic heterocycles. The van der Waals surface area contributed by atoms with Gasteiger partial charge in [0.15, 0.2) is 0 Å². The van der Waals surface area contributed by atoms with Crippen LogP contribution < -0.4 is 5.43 Å². The molecule has 0 aliphatic rings. The molecular formula is C3H6N2O. The molecule has 0 aromatic rings. The first-order valence-corrected chi connectivity index (χ1v) is 1.51. The number of nitrogens with zero attached hydrogens (tertiary/aromatic N) is 1. The van der Waals surface area contributed by atoms with Gasteiger partial charge < -0.3 is 0 Å². The maximum Gasteiger partial charge on any atom is 0.0543 e. The second-order valence-corrected chi connectivity index (χ2v) is 0.983. The Kier molecular flexibility index (Phi) is 2.04. The van der Waals surface area contributed by atoms with Crippen molar-refractivity contribution in [2.75, 3.05) is 0 Å². The molecule has 0 unspecified atom stereocenters. The standard InChI is InChI=1S/C3H6N2O/c1-3(2)4-5-6/h1H2,2H3,(H,4,6). The number of hydrogen-bond donors (Lipinski definition) is 1. The SMILES string of the molecule is C=C(C)NN=O. The minimum absolute atomic E-state index is 0.560. The minimum atomic E-state index is 0.560. The fraction of sp³-hybridized carbons (Fsp3) is 0.333. The smallest absolute Gasteiger partial charge is 0.0543 e. The summed E-state index contributed by atoms with van der Waals surface area (Å²) in [6.07, 6.45) is 0. The van der Waals surface area contributed by atoms with Gasteiger partial charge in [0.05, 0.1) is 5.29 Å². The molecule has 0 amide bonds. The maximum atomic E-state index is 9.19. The summed E-state index contributed by atoms with van der Waals surface area (Å²) in [5.41, 5.74) is 2.64. The number of hydrogen-bond acceptors (Lipinski definition) is 2. The van der Waals surface area contributed by atoms with E-state index in [0.29, 0.717) is 5.70 Å². The zero-order valence-corrected chi connectivity index (χ0v) is 3.56. The molecule has 6 heavy (non-hydrogen) atoms. The van der Waals surface area contributed by atoms with Crippen molar-refractivity contribution in [1.29, 1.82) is 0 Å². The molecule has 0 radical (unpaired) electrons. The van der Waals surface area contributed by atoms with Gasteiger partial charge in [0, 0.05) is 5.70 Å². The number of allylic oxidation sites excluding steroid dienone is 1. The third-order valence-electron chi connectivity index (χ3n) is 0.237. The van der Waals surface area contributed by atoms with E-state index < -0.39 is 0 Å². The van der Waals surface area contributed by atoms with Crippen molar-refractivity contribution < 1.29 is 0 Å². The van der Waals surface area contributed by atoms with E-state index in [1.807, 2.05) is 0 Å². The van der Waals surface area contributed by atoms with Crippen molar-refractivity contribution in [2.45, 2.75) is 6.92 Å². The number of nitrogens with one attached hydrogen (secondary N) is 1. The molecule has 0 atom stereocenters. The van der Waals surface area contributed by atoms with Crippen LogP contribution in [0.15, 0.2) is 17.6 Å². The summed E-state index contributed by atoms with van der Waals surface area (Å²) in [4.78, 5) is 9.19. The van der Waals surface area contributed by atoms with Gasteiger partial charge >= 0.3 is 0 Å². The van der Waals surface area contributed by atoms with Gasteiger partial charge in [-0.25, -0.2) is 5.43 Å². The Bertz CT molecular complexity index is 69.2. The predicted molar refractivity (Wildman–Crippen MR) is 23.7 cm³/mol. The largest absolute Gasteiger partial charge is 0.247 e. The van der Waals surface area contributed by atoms with Gasteiger partial charge in [0.25, 0.3) is 0 Å². The molecule has 0 aliphatic carbocycles. The van der Waals surface area contributed by atoms with E-state index in [0.717, 1.165) is 0 Å². The Morgan fingerprint density at radius 1 is 2.00 bits per heavy atom. The monoisotopic (exact) mass is 86.0 g/mol. The molecule has 3 heteroatoms. The fourth-order valence-electron chi connectivity index (χ4n) is 0.0779. The lowest BCUT2D eigenvalue weighted by Gasteiger charge is -1.84. The highest BCUT2D eigenvalue weighted by molar-refractivity contribution is 4.80. The highest BCUT2D eigenvalue weighted by Gasteiger charge is 1.71. The normalized spacial score (nSPS) is 6.83. The van der Waals surface area contributed by atoms with E-state index in [4.69, 9.17) is 0 Å². The average molecular weight is 86.1 g/mol. The van der Waals surface area contributed by atoms with Gasteiger partial charge in [-0.05, 0) is 6.92 Å². The molecule has 1 N–H and O–H groups in total. The van der Waals surface area contributed by atoms with Crippen molar-refractivity contribution in [3.63, 3.8) is 0 Å². The van der Waals surface area contributed by atoms with Gasteiger partial charge in [-0.1, -0.05) is 6.58 Å². The van der Waals surface area contributed by atoms with Crippen LogP contribution >= 0.6 is 0 Å². The van der Waals surface area contributed by atoms with Crippen molar-refractivity contribution >= 4 is 0 Å². The van der Waals surface area contributed by atoms with Gasteiger partial charge in [-0.2, -0.15) is 0 Å². The summed E-state index contributed by atoms with van der Waals surface area (Å²) < 4.78 is 0. The van der Waals surface area contributed by atoms with Gasteiger partial charge in [0.1, 0.15) is 0 Å². The molecule has 0 saturated heterocycles. The van der Waals surface area contributed by atoms with Crippen molar-refractivity contribution in [3.8, 4) is 0 Å². The quantitative estimate of drug-likeness (QED) is 0.398. The molecule has 0 bridgehead atoms. The second kappa shape index (κ2) is 2.38. The van der Waals surface area contributed by atoms with Gasteiger partial charge in [-0.3, -0.25) is 0 Å². The fourth-order valence-corrected chi connectivity index (χ4v) is 0.0779. The van der Waals surface area contributed by atoms with Crippen LogP contribution in [0.25, 0.3) is 0 Å². The van der Waals surface area contributed by atoms with Crippen LogP contribution in [0.2, 0.25) is 0 Å². The third-order valence-corrected chi connectivity index (χ3v) is 0.237. The second-order valence-electron chi connectivity index (χ2n) is 0.983. The Morgan fingerprint density at radius 3 is 2.50 bits per heavy atom. The molecule has 0 fully saturated rings. The van der Waals surface area contributed by atoms with Crippen LogP contribution in [0.1, 0.15) is 6.92 Å². The van der Waals surface area contributed by atoms with Crippen molar-refractivity contribution in [2.24, 2.45) is 5.29 Å². The molecule has 0 aromatic carbocycles. The summed E-state index contributed by atoms with van der Waals surface area (Å²) in [7, 11) is 0. The molecule has 0 rings (SSSR count). The first kappa shape index (κ1) is 5.14. The van der Waals surface area contributed by atoms with E-state index in [-0.39, 0.29) is 0 Å². The van der Waals surface area contributed by atoms with Gasteiger partial charge in [0.2, 0.25) is 0 Å². The number of nitroso groups, excluding NO2 is 1. The Labute approximate surface area is 36.0 Å². The molecule has 3 nitrogen and oxygen atoms in total. The summed E-state index contributed by atoms with van der Waals surface area (Å²) in [6.45, 7) is 4.99. The Balaban J connectivity index is 3.05. The highest BCUT2D eigenvalue weighted by atomic mass is 16.3. The van der Waals surface area contributed by atoms with Crippen LogP contribution in [0, 0.1) is 4.91 Å².